The Labute approximate surface area is 137 Å². The van der Waals surface area contributed by atoms with Gasteiger partial charge in [-0.2, -0.15) is 5.10 Å². The third-order valence-corrected chi connectivity index (χ3v) is 3.34. The minimum atomic E-state index is -0.356. The number of carbonyl (C=O) groups is 1. The van der Waals surface area contributed by atoms with E-state index in [9.17, 15) is 9.59 Å². The quantitative estimate of drug-likeness (QED) is 0.775. The lowest BCUT2D eigenvalue weighted by Gasteiger charge is -2.09. The van der Waals surface area contributed by atoms with Gasteiger partial charge in [-0.1, -0.05) is 0 Å². The first-order valence-corrected chi connectivity index (χ1v) is 7.34. The highest BCUT2D eigenvalue weighted by atomic mass is 16.2. The van der Waals surface area contributed by atoms with Crippen LogP contribution in [0.25, 0.3) is 5.82 Å². The molecule has 0 spiro atoms. The monoisotopic (exact) mass is 324 g/mol. The zero-order valence-electron chi connectivity index (χ0n) is 13.3. The average molecular weight is 324 g/mol. The second kappa shape index (κ2) is 6.45. The molecule has 0 aromatic carbocycles. The summed E-state index contributed by atoms with van der Waals surface area (Å²) < 4.78 is 2.74. The summed E-state index contributed by atoms with van der Waals surface area (Å²) in [4.78, 5) is 27.9. The predicted molar refractivity (Wildman–Crippen MR) is 88.0 cm³/mol. The van der Waals surface area contributed by atoms with E-state index in [4.69, 9.17) is 0 Å². The maximum absolute atomic E-state index is 12.1. The summed E-state index contributed by atoms with van der Waals surface area (Å²) in [6.07, 6.45) is 3.15. The fraction of sp³-hybridized carbons (Fsp3) is 0.188. The van der Waals surface area contributed by atoms with Gasteiger partial charge in [0.15, 0.2) is 5.82 Å². The summed E-state index contributed by atoms with van der Waals surface area (Å²) >= 11 is 0. The van der Waals surface area contributed by atoms with Crippen LogP contribution in [0.1, 0.15) is 11.4 Å². The van der Waals surface area contributed by atoms with Gasteiger partial charge in [-0.3, -0.25) is 14.6 Å². The van der Waals surface area contributed by atoms with Crippen molar-refractivity contribution in [2.75, 3.05) is 5.32 Å². The van der Waals surface area contributed by atoms with Crippen LogP contribution in [0.5, 0.6) is 0 Å². The molecule has 0 saturated carbocycles. The smallest absolute Gasteiger partial charge is 0.267 e. The normalized spacial score (nSPS) is 10.6. The van der Waals surface area contributed by atoms with E-state index in [1.807, 2.05) is 19.9 Å². The lowest BCUT2D eigenvalue weighted by Crippen LogP contribution is -2.30. The SMILES string of the molecule is Cc1cc(C)n(-c2ccc(=O)n(CC(=O)Nc3ccncc3)n2)n1. The maximum Gasteiger partial charge on any atom is 0.267 e. The number of nitrogens with one attached hydrogen (secondary N) is 1. The van der Waals surface area contributed by atoms with Gasteiger partial charge in [0.25, 0.3) is 5.56 Å². The fourth-order valence-electron chi connectivity index (χ4n) is 2.30. The molecular formula is C16H16N6O2. The lowest BCUT2D eigenvalue weighted by atomic mass is 10.4. The van der Waals surface area contributed by atoms with E-state index in [1.165, 1.54) is 6.07 Å². The van der Waals surface area contributed by atoms with Crippen molar-refractivity contribution in [2.45, 2.75) is 20.4 Å². The van der Waals surface area contributed by atoms with Crippen LogP contribution in [0.15, 0.2) is 47.5 Å². The van der Waals surface area contributed by atoms with Crippen LogP contribution in [-0.4, -0.2) is 30.5 Å². The summed E-state index contributed by atoms with van der Waals surface area (Å²) in [5.41, 5.74) is 2.00. The Morgan fingerprint density at radius 2 is 1.88 bits per heavy atom. The van der Waals surface area contributed by atoms with Crippen molar-refractivity contribution in [3.8, 4) is 5.82 Å². The van der Waals surface area contributed by atoms with Crippen LogP contribution >= 0.6 is 0 Å². The van der Waals surface area contributed by atoms with Crippen molar-refractivity contribution in [3.05, 3.63) is 64.5 Å². The number of aromatic nitrogens is 5. The number of pyridine rings is 1. The Kier molecular flexibility index (Phi) is 4.19. The van der Waals surface area contributed by atoms with Gasteiger partial charge < -0.3 is 5.32 Å². The lowest BCUT2D eigenvalue weighted by molar-refractivity contribution is -0.117. The van der Waals surface area contributed by atoms with Crippen LogP contribution in [0, 0.1) is 13.8 Å². The first kappa shape index (κ1) is 15.6. The van der Waals surface area contributed by atoms with Gasteiger partial charge in [0, 0.05) is 29.8 Å². The molecular weight excluding hydrogens is 308 g/mol. The van der Waals surface area contributed by atoms with E-state index in [2.05, 4.69) is 20.5 Å². The second-order valence-corrected chi connectivity index (χ2v) is 5.31. The van der Waals surface area contributed by atoms with Crippen LogP contribution in [0.3, 0.4) is 0 Å². The van der Waals surface area contributed by atoms with Gasteiger partial charge >= 0.3 is 0 Å². The number of hydrogen-bond donors (Lipinski definition) is 1. The van der Waals surface area contributed by atoms with Gasteiger partial charge in [-0.15, -0.1) is 5.10 Å². The van der Waals surface area contributed by atoms with Gasteiger partial charge in [0.2, 0.25) is 5.91 Å². The number of anilines is 1. The van der Waals surface area contributed by atoms with Crippen molar-refractivity contribution < 1.29 is 4.79 Å². The molecule has 0 bridgehead atoms. The minimum Gasteiger partial charge on any atom is -0.324 e. The number of amides is 1. The fourth-order valence-corrected chi connectivity index (χ4v) is 2.30. The topological polar surface area (TPSA) is 94.7 Å². The molecule has 0 radical (unpaired) electrons. The van der Waals surface area contributed by atoms with Crippen molar-refractivity contribution in [1.29, 1.82) is 0 Å². The Morgan fingerprint density at radius 1 is 1.12 bits per heavy atom. The van der Waals surface area contributed by atoms with E-state index in [1.54, 1.807) is 35.3 Å². The number of aryl methyl sites for hydroxylation is 2. The summed E-state index contributed by atoms with van der Waals surface area (Å²) in [7, 11) is 0. The van der Waals surface area contributed by atoms with Gasteiger partial charge in [0.05, 0.1) is 5.69 Å². The van der Waals surface area contributed by atoms with E-state index >= 15 is 0 Å². The molecule has 0 unspecified atom stereocenters. The van der Waals surface area contributed by atoms with Crippen molar-refractivity contribution in [1.82, 2.24) is 24.5 Å². The number of hydrogen-bond acceptors (Lipinski definition) is 5. The summed E-state index contributed by atoms with van der Waals surface area (Å²) in [5.74, 6) is 0.137. The third kappa shape index (κ3) is 3.37. The van der Waals surface area contributed by atoms with Gasteiger partial charge in [-0.05, 0) is 38.1 Å². The van der Waals surface area contributed by atoms with E-state index < -0.39 is 0 Å². The van der Waals surface area contributed by atoms with Gasteiger partial charge in [-0.25, -0.2) is 9.36 Å². The second-order valence-electron chi connectivity index (χ2n) is 5.31. The molecule has 8 nitrogen and oxygen atoms in total. The standard InChI is InChI=1S/C16H16N6O2/c1-11-9-12(2)22(19-11)14-3-4-16(24)21(20-14)10-15(23)18-13-5-7-17-8-6-13/h3-9H,10H2,1-2H3,(H,17,18,23). The Balaban J connectivity index is 1.83. The Hall–Kier alpha value is -3.29. The number of nitrogens with zero attached hydrogens (tertiary/aromatic N) is 5. The van der Waals surface area contributed by atoms with Crippen LogP contribution in [-0.2, 0) is 11.3 Å². The molecule has 0 aliphatic carbocycles. The summed E-state index contributed by atoms with van der Waals surface area (Å²) in [6, 6.07) is 8.20. The van der Waals surface area contributed by atoms with Crippen LogP contribution < -0.4 is 10.9 Å². The molecule has 122 valence electrons. The first-order chi connectivity index (χ1) is 11.5. The molecule has 0 fully saturated rings. The molecule has 3 rings (SSSR count). The molecule has 1 N–H and O–H groups in total. The molecule has 0 aliphatic rings. The minimum absolute atomic E-state index is 0.186. The molecule has 1 amide bonds. The number of rotatable bonds is 4. The average Bonchev–Trinajstić information content (AvgIpc) is 2.89. The third-order valence-electron chi connectivity index (χ3n) is 3.34. The molecule has 8 heteroatoms. The number of carbonyl (C=O) groups excluding carboxylic acids is 1. The van der Waals surface area contributed by atoms with Crippen molar-refractivity contribution in [3.63, 3.8) is 0 Å². The molecule has 24 heavy (non-hydrogen) atoms. The predicted octanol–water partition coefficient (Wildman–Crippen LogP) is 1.08. The largest absolute Gasteiger partial charge is 0.324 e. The van der Waals surface area contributed by atoms with E-state index in [-0.39, 0.29) is 18.0 Å². The van der Waals surface area contributed by atoms with E-state index in [0.717, 1.165) is 16.1 Å². The van der Waals surface area contributed by atoms with Crippen LogP contribution in [0.2, 0.25) is 0 Å². The summed E-state index contributed by atoms with van der Waals surface area (Å²) in [5, 5.41) is 11.3. The van der Waals surface area contributed by atoms with Crippen LogP contribution in [0.4, 0.5) is 5.69 Å². The zero-order valence-corrected chi connectivity index (χ0v) is 13.3. The highest BCUT2D eigenvalue weighted by Gasteiger charge is 2.10. The first-order valence-electron chi connectivity index (χ1n) is 7.34. The molecule has 3 heterocycles. The Bertz CT molecular complexity index is 929. The van der Waals surface area contributed by atoms with E-state index in [0.29, 0.717) is 11.5 Å². The molecule has 0 saturated heterocycles. The zero-order chi connectivity index (χ0) is 17.1. The molecule has 0 aliphatic heterocycles. The maximum atomic E-state index is 12.1. The Morgan fingerprint density at radius 3 is 2.54 bits per heavy atom. The van der Waals surface area contributed by atoms with Crippen molar-refractivity contribution in [2.24, 2.45) is 0 Å². The van der Waals surface area contributed by atoms with Crippen molar-refractivity contribution >= 4 is 11.6 Å². The molecule has 0 atom stereocenters. The highest BCUT2D eigenvalue weighted by Crippen LogP contribution is 2.08. The molecule has 3 aromatic heterocycles. The highest BCUT2D eigenvalue weighted by molar-refractivity contribution is 5.90. The van der Waals surface area contributed by atoms with Gasteiger partial charge in [0.1, 0.15) is 6.54 Å². The molecule has 3 aromatic rings. The summed E-state index contributed by atoms with van der Waals surface area (Å²) in [6.45, 7) is 3.59.